The number of rotatable bonds is 4. The summed E-state index contributed by atoms with van der Waals surface area (Å²) in [5.41, 5.74) is 1.17. The lowest BCUT2D eigenvalue weighted by molar-refractivity contribution is -0.126. The van der Waals surface area contributed by atoms with E-state index in [1.807, 2.05) is 13.1 Å². The number of hydrogen-bond donors (Lipinski definition) is 0. The number of nitrogens with zero attached hydrogens (tertiary/aromatic N) is 1. The molecule has 0 bridgehead atoms. The van der Waals surface area contributed by atoms with Crippen molar-refractivity contribution in [2.75, 3.05) is 20.7 Å². The largest absolute Gasteiger partial charge is 0.493 e. The number of hydrogen-bond acceptors (Lipinski definition) is 3. The molecule has 2 fully saturated rings. The van der Waals surface area contributed by atoms with Gasteiger partial charge in [0.25, 0.3) is 0 Å². The van der Waals surface area contributed by atoms with Crippen LogP contribution in [0.5, 0.6) is 11.5 Å². The van der Waals surface area contributed by atoms with Crippen molar-refractivity contribution in [2.24, 2.45) is 0 Å². The van der Waals surface area contributed by atoms with Gasteiger partial charge in [0.1, 0.15) is 0 Å². The van der Waals surface area contributed by atoms with Crippen LogP contribution in [0.25, 0.3) is 0 Å². The highest BCUT2D eigenvalue weighted by molar-refractivity contribution is 5.79. The molecule has 0 radical (unpaired) electrons. The van der Waals surface area contributed by atoms with Crippen LogP contribution in [0, 0.1) is 0 Å². The van der Waals surface area contributed by atoms with Gasteiger partial charge in [-0.2, -0.15) is 0 Å². The third-order valence-corrected chi connectivity index (χ3v) is 4.60. The molecule has 1 amide bonds. The Labute approximate surface area is 126 Å². The lowest BCUT2D eigenvalue weighted by atomic mass is 9.98. The summed E-state index contributed by atoms with van der Waals surface area (Å²) in [5.74, 6) is 2.08. The van der Waals surface area contributed by atoms with Gasteiger partial charge < -0.3 is 14.4 Å². The second kappa shape index (κ2) is 5.96. The van der Waals surface area contributed by atoms with Crippen LogP contribution in [0.3, 0.4) is 0 Å². The molecule has 1 atom stereocenters. The summed E-state index contributed by atoms with van der Waals surface area (Å²) in [6, 6.07) is 6.08. The quantitative estimate of drug-likeness (QED) is 0.855. The number of benzene rings is 1. The third-order valence-electron chi connectivity index (χ3n) is 4.60. The predicted octanol–water partition coefficient (Wildman–Crippen LogP) is 2.96. The van der Waals surface area contributed by atoms with E-state index in [0.717, 1.165) is 30.9 Å². The predicted molar refractivity (Wildman–Crippen MR) is 80.9 cm³/mol. The number of methoxy groups -OCH3 is 1. The summed E-state index contributed by atoms with van der Waals surface area (Å²) in [4.78, 5) is 13.5. The normalized spacial score (nSPS) is 22.9. The summed E-state index contributed by atoms with van der Waals surface area (Å²) in [7, 11) is 3.53. The number of carbonyl (C=O) groups excluding carboxylic acids is 1. The van der Waals surface area contributed by atoms with E-state index in [1.165, 1.54) is 18.4 Å². The highest BCUT2D eigenvalue weighted by Crippen LogP contribution is 2.36. The van der Waals surface area contributed by atoms with Crippen LogP contribution in [0.4, 0.5) is 0 Å². The summed E-state index contributed by atoms with van der Waals surface area (Å²) < 4.78 is 11.5. The summed E-state index contributed by atoms with van der Waals surface area (Å²) in [6.45, 7) is 0.786. The number of amides is 1. The lowest BCUT2D eigenvalue weighted by Crippen LogP contribution is -2.18. The summed E-state index contributed by atoms with van der Waals surface area (Å²) >= 11 is 0. The highest BCUT2D eigenvalue weighted by atomic mass is 16.5. The molecule has 114 valence electrons. The van der Waals surface area contributed by atoms with E-state index < -0.39 is 0 Å². The van der Waals surface area contributed by atoms with E-state index in [1.54, 1.807) is 12.0 Å². The maximum absolute atomic E-state index is 11.7. The first kappa shape index (κ1) is 14.2. The van der Waals surface area contributed by atoms with Gasteiger partial charge in [0.15, 0.2) is 11.5 Å². The van der Waals surface area contributed by atoms with Gasteiger partial charge in [0.05, 0.1) is 13.2 Å². The SMILES string of the molecule is COc1ccc([C@H]2CC(=O)N(C)C2)cc1OC1CCCC1. The zero-order chi connectivity index (χ0) is 14.8. The van der Waals surface area contributed by atoms with Gasteiger partial charge in [-0.15, -0.1) is 0 Å². The van der Waals surface area contributed by atoms with Crippen molar-refractivity contribution in [1.82, 2.24) is 4.90 Å². The first-order valence-electron chi connectivity index (χ1n) is 7.76. The molecule has 1 aromatic rings. The molecule has 1 heterocycles. The number of carbonyl (C=O) groups is 1. The minimum absolute atomic E-state index is 0.217. The lowest BCUT2D eigenvalue weighted by Gasteiger charge is -2.18. The average Bonchev–Trinajstić information content (AvgIpc) is 3.10. The number of likely N-dealkylation sites (N-methyl/N-ethyl adjacent to an activating group) is 1. The minimum atomic E-state index is 0.217. The monoisotopic (exact) mass is 289 g/mol. The molecule has 1 aliphatic carbocycles. The number of ether oxygens (including phenoxy) is 2. The average molecular weight is 289 g/mol. The molecule has 0 N–H and O–H groups in total. The zero-order valence-corrected chi connectivity index (χ0v) is 12.8. The molecule has 0 unspecified atom stereocenters. The topological polar surface area (TPSA) is 38.8 Å². The van der Waals surface area contributed by atoms with E-state index in [4.69, 9.17) is 9.47 Å². The molecule has 2 aliphatic rings. The Kier molecular flexibility index (Phi) is 4.04. The van der Waals surface area contributed by atoms with Crippen LogP contribution in [-0.4, -0.2) is 37.6 Å². The Morgan fingerprint density at radius 2 is 1.95 bits per heavy atom. The molecule has 4 heteroatoms. The fourth-order valence-electron chi connectivity index (χ4n) is 3.31. The fraction of sp³-hybridized carbons (Fsp3) is 0.588. The fourth-order valence-corrected chi connectivity index (χ4v) is 3.31. The molecule has 3 rings (SSSR count). The van der Waals surface area contributed by atoms with E-state index in [-0.39, 0.29) is 11.8 Å². The second-order valence-corrected chi connectivity index (χ2v) is 6.11. The van der Waals surface area contributed by atoms with Crippen LogP contribution in [0.2, 0.25) is 0 Å². The van der Waals surface area contributed by atoms with Crippen LogP contribution < -0.4 is 9.47 Å². The van der Waals surface area contributed by atoms with Crippen LogP contribution >= 0.6 is 0 Å². The van der Waals surface area contributed by atoms with Gasteiger partial charge in [-0.05, 0) is 43.4 Å². The Morgan fingerprint density at radius 1 is 1.19 bits per heavy atom. The van der Waals surface area contributed by atoms with Crippen molar-refractivity contribution >= 4 is 5.91 Å². The van der Waals surface area contributed by atoms with Crippen LogP contribution in [-0.2, 0) is 4.79 Å². The summed E-state index contributed by atoms with van der Waals surface area (Å²) in [6.07, 6.45) is 5.63. The molecule has 0 spiro atoms. The van der Waals surface area contributed by atoms with Crippen molar-refractivity contribution in [3.05, 3.63) is 23.8 Å². The molecule has 21 heavy (non-hydrogen) atoms. The van der Waals surface area contributed by atoms with Gasteiger partial charge in [-0.3, -0.25) is 4.79 Å². The maximum atomic E-state index is 11.7. The Bertz CT molecular complexity index is 523. The zero-order valence-electron chi connectivity index (χ0n) is 12.8. The van der Waals surface area contributed by atoms with Gasteiger partial charge in [0, 0.05) is 25.9 Å². The highest BCUT2D eigenvalue weighted by Gasteiger charge is 2.29. The summed E-state index contributed by atoms with van der Waals surface area (Å²) in [5, 5.41) is 0. The standard InChI is InChI=1S/C17H23NO3/c1-18-11-13(10-17(18)19)12-7-8-15(20-2)16(9-12)21-14-5-3-4-6-14/h7-9,13-14H,3-6,10-11H2,1-2H3/t13-/m0/s1. The van der Waals surface area contributed by atoms with Crippen molar-refractivity contribution in [3.8, 4) is 11.5 Å². The van der Waals surface area contributed by atoms with Crippen molar-refractivity contribution in [1.29, 1.82) is 0 Å². The molecule has 0 aromatic heterocycles. The van der Waals surface area contributed by atoms with E-state index in [9.17, 15) is 4.79 Å². The van der Waals surface area contributed by atoms with Crippen molar-refractivity contribution in [2.45, 2.75) is 44.1 Å². The van der Waals surface area contributed by atoms with E-state index >= 15 is 0 Å². The van der Waals surface area contributed by atoms with E-state index in [2.05, 4.69) is 12.1 Å². The Morgan fingerprint density at radius 3 is 2.57 bits per heavy atom. The van der Waals surface area contributed by atoms with Crippen LogP contribution in [0.1, 0.15) is 43.6 Å². The molecular weight excluding hydrogens is 266 g/mol. The molecule has 1 aliphatic heterocycles. The maximum Gasteiger partial charge on any atom is 0.223 e. The number of likely N-dealkylation sites (tertiary alicyclic amines) is 1. The Hall–Kier alpha value is -1.71. The van der Waals surface area contributed by atoms with Gasteiger partial charge in [-0.1, -0.05) is 6.07 Å². The van der Waals surface area contributed by atoms with E-state index in [0.29, 0.717) is 12.5 Å². The van der Waals surface area contributed by atoms with Gasteiger partial charge in [-0.25, -0.2) is 0 Å². The molecule has 1 saturated heterocycles. The smallest absolute Gasteiger partial charge is 0.223 e. The molecular formula is C17H23NO3. The van der Waals surface area contributed by atoms with Gasteiger partial charge >= 0.3 is 0 Å². The molecule has 1 saturated carbocycles. The molecule has 4 nitrogen and oxygen atoms in total. The Balaban J connectivity index is 1.80. The first-order chi connectivity index (χ1) is 10.2. The minimum Gasteiger partial charge on any atom is -0.493 e. The van der Waals surface area contributed by atoms with Crippen molar-refractivity contribution in [3.63, 3.8) is 0 Å². The first-order valence-corrected chi connectivity index (χ1v) is 7.76. The second-order valence-electron chi connectivity index (χ2n) is 6.11. The van der Waals surface area contributed by atoms with Crippen molar-refractivity contribution < 1.29 is 14.3 Å². The molecule has 1 aromatic carbocycles. The van der Waals surface area contributed by atoms with Crippen LogP contribution in [0.15, 0.2) is 18.2 Å². The third kappa shape index (κ3) is 2.99. The van der Waals surface area contributed by atoms with Gasteiger partial charge in [0.2, 0.25) is 5.91 Å².